The Morgan fingerprint density at radius 1 is 1.12 bits per heavy atom. The minimum absolute atomic E-state index is 0.644. The van der Waals surface area contributed by atoms with Gasteiger partial charge in [-0.1, -0.05) is 29.8 Å². The van der Waals surface area contributed by atoms with Gasteiger partial charge in [-0.25, -0.2) is 4.98 Å². The number of fused-ring (bicyclic) bond motifs is 1. The van der Waals surface area contributed by atoms with Crippen molar-refractivity contribution in [2.75, 3.05) is 6.54 Å². The highest BCUT2D eigenvalue weighted by atomic mass is 35.5. The van der Waals surface area contributed by atoms with Crippen LogP contribution in [-0.4, -0.2) is 27.0 Å². The normalized spacial score (nSPS) is 18.3. The van der Waals surface area contributed by atoms with Crippen LogP contribution in [0.15, 0.2) is 42.5 Å². The first kappa shape index (κ1) is 16.6. The summed E-state index contributed by atoms with van der Waals surface area (Å²) in [7, 11) is 0. The van der Waals surface area contributed by atoms with Crippen LogP contribution in [0.25, 0.3) is 11.0 Å². The molecule has 0 N–H and O–H groups in total. The van der Waals surface area contributed by atoms with Gasteiger partial charge in [-0.2, -0.15) is 0 Å². The fraction of sp³-hybridized carbons (Fsp3) is 0.381. The molecule has 1 fully saturated rings. The minimum Gasteiger partial charge on any atom is -0.322 e. The number of hydrogen-bond acceptors (Lipinski definition) is 2. The summed E-state index contributed by atoms with van der Waals surface area (Å²) in [5, 5.41) is 0.779. The number of hydrogen-bond donors (Lipinski definition) is 0. The summed E-state index contributed by atoms with van der Waals surface area (Å²) in [6.07, 6.45) is 2.58. The van der Waals surface area contributed by atoms with Crippen LogP contribution in [0, 0.1) is 6.92 Å². The Bertz CT molecular complexity index is 882. The summed E-state index contributed by atoms with van der Waals surface area (Å²) >= 11 is 6.04. The molecule has 0 radical (unpaired) electrons. The van der Waals surface area contributed by atoms with Gasteiger partial charge < -0.3 is 4.57 Å². The maximum absolute atomic E-state index is 6.04. The molecule has 0 bridgehead atoms. The van der Waals surface area contributed by atoms with E-state index in [9.17, 15) is 0 Å². The second-order valence-electron chi connectivity index (χ2n) is 7.19. The van der Waals surface area contributed by atoms with E-state index in [1.54, 1.807) is 0 Å². The molecule has 1 aromatic heterocycles. The van der Waals surface area contributed by atoms with Crippen molar-refractivity contribution in [2.24, 2.45) is 0 Å². The first-order chi connectivity index (χ1) is 12.1. The fourth-order valence-electron chi connectivity index (χ4n) is 3.77. The third kappa shape index (κ3) is 3.44. The highest BCUT2D eigenvalue weighted by molar-refractivity contribution is 6.30. The second-order valence-corrected chi connectivity index (χ2v) is 7.63. The van der Waals surface area contributed by atoms with Crippen LogP contribution in [0.4, 0.5) is 0 Å². The van der Waals surface area contributed by atoms with E-state index < -0.39 is 0 Å². The average Bonchev–Trinajstić information content (AvgIpc) is 3.14. The van der Waals surface area contributed by atoms with Crippen LogP contribution in [0.3, 0.4) is 0 Å². The largest absolute Gasteiger partial charge is 0.322 e. The summed E-state index contributed by atoms with van der Waals surface area (Å²) in [5.74, 6) is 1.16. The maximum Gasteiger partial charge on any atom is 0.124 e. The molecule has 1 atom stereocenters. The van der Waals surface area contributed by atoms with Crippen molar-refractivity contribution in [3.8, 4) is 0 Å². The SMILES string of the molecule is Cc1ccc2c(c1)nc(CN1CCC[C@H]1C)n2Cc1ccc(Cl)cc1. The molecule has 0 unspecified atom stereocenters. The molecule has 1 aliphatic heterocycles. The van der Waals surface area contributed by atoms with E-state index >= 15 is 0 Å². The summed E-state index contributed by atoms with van der Waals surface area (Å²) in [6, 6.07) is 15.3. The van der Waals surface area contributed by atoms with Crippen molar-refractivity contribution < 1.29 is 0 Å². The van der Waals surface area contributed by atoms with Gasteiger partial charge in [0, 0.05) is 17.6 Å². The molecule has 3 nitrogen and oxygen atoms in total. The first-order valence-corrected chi connectivity index (χ1v) is 9.42. The fourth-order valence-corrected chi connectivity index (χ4v) is 3.89. The molecule has 0 saturated carbocycles. The molecular formula is C21H24ClN3. The number of nitrogens with zero attached hydrogens (tertiary/aromatic N) is 3. The Morgan fingerprint density at radius 3 is 2.64 bits per heavy atom. The van der Waals surface area contributed by atoms with Crippen molar-refractivity contribution in [2.45, 2.75) is 45.8 Å². The molecule has 25 heavy (non-hydrogen) atoms. The van der Waals surface area contributed by atoms with E-state index in [0.717, 1.165) is 29.5 Å². The van der Waals surface area contributed by atoms with Crippen molar-refractivity contribution in [3.05, 3.63) is 64.4 Å². The maximum atomic E-state index is 6.04. The molecule has 1 saturated heterocycles. The van der Waals surface area contributed by atoms with E-state index in [1.807, 2.05) is 12.1 Å². The average molecular weight is 354 g/mol. The van der Waals surface area contributed by atoms with Crippen LogP contribution < -0.4 is 0 Å². The molecule has 0 spiro atoms. The lowest BCUT2D eigenvalue weighted by Crippen LogP contribution is -2.28. The standard InChI is InChI=1S/C21H24ClN3/c1-15-5-10-20-19(12-15)23-21(14-24-11-3-4-16(24)2)25(20)13-17-6-8-18(22)9-7-17/h5-10,12,16H,3-4,11,13-14H2,1-2H3/t16-/m1/s1. The first-order valence-electron chi connectivity index (χ1n) is 9.04. The van der Waals surface area contributed by atoms with Crippen molar-refractivity contribution in [1.82, 2.24) is 14.5 Å². The number of benzene rings is 2. The van der Waals surface area contributed by atoms with Gasteiger partial charge in [-0.15, -0.1) is 0 Å². The zero-order chi connectivity index (χ0) is 17.4. The van der Waals surface area contributed by atoms with Gasteiger partial charge in [-0.05, 0) is 68.6 Å². The zero-order valence-electron chi connectivity index (χ0n) is 14.9. The van der Waals surface area contributed by atoms with Gasteiger partial charge in [-0.3, -0.25) is 4.90 Å². The minimum atomic E-state index is 0.644. The number of aromatic nitrogens is 2. The van der Waals surface area contributed by atoms with E-state index in [1.165, 1.54) is 36.0 Å². The van der Waals surface area contributed by atoms with Crippen LogP contribution in [0.5, 0.6) is 0 Å². The second kappa shape index (κ2) is 6.81. The molecule has 3 aromatic rings. The molecule has 2 heterocycles. The smallest absolute Gasteiger partial charge is 0.124 e. The van der Waals surface area contributed by atoms with Gasteiger partial charge in [0.1, 0.15) is 5.82 Å². The van der Waals surface area contributed by atoms with Crippen molar-refractivity contribution >= 4 is 22.6 Å². The molecule has 2 aromatic carbocycles. The van der Waals surface area contributed by atoms with Gasteiger partial charge in [0.25, 0.3) is 0 Å². The monoisotopic (exact) mass is 353 g/mol. The Kier molecular flexibility index (Phi) is 4.53. The number of rotatable bonds is 4. The zero-order valence-corrected chi connectivity index (χ0v) is 15.6. The predicted octanol–water partition coefficient (Wildman–Crippen LogP) is 5.03. The van der Waals surface area contributed by atoms with Crippen LogP contribution in [0.1, 0.15) is 36.7 Å². The molecule has 0 aliphatic carbocycles. The van der Waals surface area contributed by atoms with Gasteiger partial charge in [0.05, 0.1) is 17.6 Å². The summed E-state index contributed by atoms with van der Waals surface area (Å²) in [5.41, 5.74) is 4.81. The highest BCUT2D eigenvalue weighted by Crippen LogP contribution is 2.24. The van der Waals surface area contributed by atoms with E-state index in [2.05, 4.69) is 53.6 Å². The summed E-state index contributed by atoms with van der Waals surface area (Å²) in [6.45, 7) is 7.37. The Hall–Kier alpha value is -1.84. The van der Waals surface area contributed by atoms with Gasteiger partial charge >= 0.3 is 0 Å². The lowest BCUT2D eigenvalue weighted by molar-refractivity contribution is 0.251. The Labute approximate surface area is 154 Å². The summed E-state index contributed by atoms with van der Waals surface area (Å²) in [4.78, 5) is 7.53. The number of likely N-dealkylation sites (tertiary alicyclic amines) is 1. The quantitative estimate of drug-likeness (QED) is 0.655. The lowest BCUT2D eigenvalue weighted by Gasteiger charge is -2.21. The van der Waals surface area contributed by atoms with Crippen LogP contribution in [0.2, 0.25) is 5.02 Å². The van der Waals surface area contributed by atoms with Crippen molar-refractivity contribution in [1.29, 1.82) is 0 Å². The van der Waals surface area contributed by atoms with Gasteiger partial charge in [0.2, 0.25) is 0 Å². The predicted molar refractivity (Wildman–Crippen MR) is 104 cm³/mol. The molecule has 4 heteroatoms. The number of imidazole rings is 1. The molecule has 130 valence electrons. The Balaban J connectivity index is 1.73. The highest BCUT2D eigenvalue weighted by Gasteiger charge is 2.23. The third-order valence-corrected chi connectivity index (χ3v) is 5.52. The van der Waals surface area contributed by atoms with E-state index in [4.69, 9.17) is 16.6 Å². The molecular weight excluding hydrogens is 330 g/mol. The lowest BCUT2D eigenvalue weighted by atomic mass is 10.2. The van der Waals surface area contributed by atoms with Gasteiger partial charge in [0.15, 0.2) is 0 Å². The Morgan fingerprint density at radius 2 is 1.92 bits per heavy atom. The molecule has 1 aliphatic rings. The number of aryl methyl sites for hydroxylation is 1. The molecule has 4 rings (SSSR count). The molecule has 0 amide bonds. The third-order valence-electron chi connectivity index (χ3n) is 5.27. The van der Waals surface area contributed by atoms with E-state index in [0.29, 0.717) is 6.04 Å². The van der Waals surface area contributed by atoms with Crippen molar-refractivity contribution in [3.63, 3.8) is 0 Å². The van der Waals surface area contributed by atoms with Crippen LogP contribution >= 0.6 is 11.6 Å². The van der Waals surface area contributed by atoms with Crippen LogP contribution in [-0.2, 0) is 13.1 Å². The van der Waals surface area contributed by atoms with E-state index in [-0.39, 0.29) is 0 Å². The summed E-state index contributed by atoms with van der Waals surface area (Å²) < 4.78 is 2.36. The topological polar surface area (TPSA) is 21.1 Å². The number of halogens is 1.